The Kier molecular flexibility index (Phi) is 7.74. The molecule has 1 aromatic heterocycles. The van der Waals surface area contributed by atoms with E-state index in [0.29, 0.717) is 5.69 Å². The van der Waals surface area contributed by atoms with Gasteiger partial charge in [0.2, 0.25) is 5.91 Å². The lowest BCUT2D eigenvalue weighted by Crippen LogP contribution is -2.45. The lowest BCUT2D eigenvalue weighted by atomic mass is 10.1. The van der Waals surface area contributed by atoms with Crippen molar-refractivity contribution in [3.63, 3.8) is 0 Å². The van der Waals surface area contributed by atoms with E-state index < -0.39 is 11.2 Å². The summed E-state index contributed by atoms with van der Waals surface area (Å²) in [5, 5.41) is 2.81. The molecule has 0 radical (unpaired) electrons. The molecule has 35 heavy (non-hydrogen) atoms. The zero-order valence-corrected chi connectivity index (χ0v) is 20.2. The molecule has 1 amide bonds. The smallest absolute Gasteiger partial charge is 0.323 e. The number of nitrogens with zero attached hydrogens (tertiary/aromatic N) is 4. The monoisotopic (exact) mass is 473 g/mol. The molecule has 1 aliphatic heterocycles. The highest BCUT2D eigenvalue weighted by atomic mass is 16.2. The van der Waals surface area contributed by atoms with Gasteiger partial charge in [-0.05, 0) is 29.3 Å². The highest BCUT2D eigenvalue weighted by Gasteiger charge is 2.17. The van der Waals surface area contributed by atoms with Gasteiger partial charge in [-0.3, -0.25) is 24.0 Å². The first-order valence-corrected chi connectivity index (χ1v) is 11.7. The number of nitrogens with one attached hydrogen (secondary N) is 1. The fraction of sp³-hybridized carbons (Fsp3) is 0.296. The van der Waals surface area contributed by atoms with Gasteiger partial charge >= 0.3 is 5.69 Å². The standard InChI is InChI=1S/C27H31N5O3/c1-29-20-23(26(34)30(2)27(29)35)10-13-25(33)28-24-11-8-22(9-12-24)19-32-16-14-31(15-17-32)18-21-6-4-3-5-7-21/h3-13,20H,14-19H2,1-2H3,(H,28,33)/b13-10+. The lowest BCUT2D eigenvalue weighted by molar-refractivity contribution is -0.111. The third-order valence-corrected chi connectivity index (χ3v) is 6.23. The number of rotatable bonds is 7. The molecule has 1 fully saturated rings. The molecule has 0 spiro atoms. The van der Waals surface area contributed by atoms with Gasteiger partial charge in [0.1, 0.15) is 0 Å². The summed E-state index contributed by atoms with van der Waals surface area (Å²) in [5.74, 6) is -0.344. The minimum Gasteiger partial charge on any atom is -0.323 e. The Bertz CT molecular complexity index is 1300. The maximum Gasteiger partial charge on any atom is 0.330 e. The summed E-state index contributed by atoms with van der Waals surface area (Å²) in [5.41, 5.74) is 2.65. The molecule has 0 atom stereocenters. The minimum absolute atomic E-state index is 0.268. The van der Waals surface area contributed by atoms with Gasteiger partial charge in [0, 0.05) is 71.3 Å². The molecule has 8 heteroatoms. The molecule has 0 bridgehead atoms. The van der Waals surface area contributed by atoms with Crippen molar-refractivity contribution in [1.29, 1.82) is 0 Å². The molecule has 1 saturated heterocycles. The summed E-state index contributed by atoms with van der Waals surface area (Å²) in [4.78, 5) is 41.2. The van der Waals surface area contributed by atoms with E-state index in [4.69, 9.17) is 0 Å². The number of aryl methyl sites for hydroxylation is 1. The molecule has 1 N–H and O–H groups in total. The number of benzene rings is 2. The molecule has 8 nitrogen and oxygen atoms in total. The maximum absolute atomic E-state index is 12.3. The topological polar surface area (TPSA) is 79.6 Å². The Morgan fingerprint density at radius 2 is 1.43 bits per heavy atom. The van der Waals surface area contributed by atoms with E-state index in [1.807, 2.05) is 30.3 Å². The van der Waals surface area contributed by atoms with Crippen molar-refractivity contribution >= 4 is 17.7 Å². The van der Waals surface area contributed by atoms with Crippen LogP contribution >= 0.6 is 0 Å². The third kappa shape index (κ3) is 6.44. The molecule has 1 aliphatic rings. The predicted octanol–water partition coefficient (Wildman–Crippen LogP) is 2.05. The molecule has 4 rings (SSSR count). The van der Waals surface area contributed by atoms with E-state index in [0.717, 1.165) is 43.8 Å². The highest BCUT2D eigenvalue weighted by Crippen LogP contribution is 2.14. The van der Waals surface area contributed by atoms with Gasteiger partial charge in [-0.15, -0.1) is 0 Å². The molecule has 0 saturated carbocycles. The summed E-state index contributed by atoms with van der Waals surface area (Å²) >= 11 is 0. The van der Waals surface area contributed by atoms with Crippen molar-refractivity contribution < 1.29 is 4.79 Å². The second kappa shape index (κ2) is 11.1. The molecule has 0 aliphatic carbocycles. The molecular weight excluding hydrogens is 442 g/mol. The summed E-state index contributed by atoms with van der Waals surface area (Å²) in [6.45, 7) is 6.03. The predicted molar refractivity (Wildman–Crippen MR) is 138 cm³/mol. The van der Waals surface area contributed by atoms with E-state index in [1.165, 1.54) is 41.1 Å². The number of piperazine rings is 1. The van der Waals surface area contributed by atoms with Crippen LogP contribution in [0, 0.1) is 0 Å². The summed E-state index contributed by atoms with van der Waals surface area (Å²) in [6.07, 6.45) is 4.14. The van der Waals surface area contributed by atoms with Gasteiger partial charge in [-0.25, -0.2) is 4.79 Å². The van der Waals surface area contributed by atoms with E-state index in [-0.39, 0.29) is 11.5 Å². The Labute approximate surface area is 204 Å². The van der Waals surface area contributed by atoms with Crippen molar-refractivity contribution in [1.82, 2.24) is 18.9 Å². The SMILES string of the molecule is Cn1cc(/C=C/C(=O)Nc2ccc(CN3CCN(Cc4ccccc4)CC3)cc2)c(=O)n(C)c1=O. The fourth-order valence-electron chi connectivity index (χ4n) is 4.20. The van der Waals surface area contributed by atoms with E-state index in [2.05, 4.69) is 39.4 Å². The van der Waals surface area contributed by atoms with Gasteiger partial charge < -0.3 is 9.88 Å². The van der Waals surface area contributed by atoms with Crippen molar-refractivity contribution in [3.05, 3.63) is 104 Å². The number of aromatic nitrogens is 2. The molecule has 3 aromatic rings. The number of anilines is 1. The Morgan fingerprint density at radius 3 is 2.03 bits per heavy atom. The van der Waals surface area contributed by atoms with Gasteiger partial charge in [-0.1, -0.05) is 42.5 Å². The van der Waals surface area contributed by atoms with Crippen LogP contribution in [-0.4, -0.2) is 51.0 Å². The van der Waals surface area contributed by atoms with E-state index in [9.17, 15) is 14.4 Å². The first-order valence-electron chi connectivity index (χ1n) is 11.7. The van der Waals surface area contributed by atoms with Crippen LogP contribution in [0.5, 0.6) is 0 Å². The van der Waals surface area contributed by atoms with Crippen LogP contribution in [0.4, 0.5) is 5.69 Å². The first-order chi connectivity index (χ1) is 16.9. The van der Waals surface area contributed by atoms with Gasteiger partial charge in [-0.2, -0.15) is 0 Å². The zero-order valence-electron chi connectivity index (χ0n) is 20.2. The second-order valence-corrected chi connectivity index (χ2v) is 8.90. The summed E-state index contributed by atoms with van der Waals surface area (Å²) in [7, 11) is 2.97. The number of carbonyl (C=O) groups is 1. The van der Waals surface area contributed by atoms with Crippen molar-refractivity contribution in [2.45, 2.75) is 13.1 Å². The number of hydrogen-bond donors (Lipinski definition) is 1. The van der Waals surface area contributed by atoms with Crippen molar-refractivity contribution in [3.8, 4) is 0 Å². The van der Waals surface area contributed by atoms with Gasteiger partial charge in [0.05, 0.1) is 5.56 Å². The van der Waals surface area contributed by atoms with Crippen LogP contribution in [0.25, 0.3) is 6.08 Å². The quantitative estimate of drug-likeness (QED) is 0.532. The fourth-order valence-corrected chi connectivity index (χ4v) is 4.20. The summed E-state index contributed by atoms with van der Waals surface area (Å²) < 4.78 is 2.32. The third-order valence-electron chi connectivity index (χ3n) is 6.23. The van der Waals surface area contributed by atoms with E-state index in [1.54, 1.807) is 7.05 Å². The molecule has 0 unspecified atom stereocenters. The van der Waals surface area contributed by atoms with Crippen LogP contribution in [0.3, 0.4) is 0 Å². The van der Waals surface area contributed by atoms with Crippen LogP contribution < -0.4 is 16.6 Å². The average Bonchev–Trinajstić information content (AvgIpc) is 2.87. The van der Waals surface area contributed by atoms with Crippen LogP contribution in [0.2, 0.25) is 0 Å². The summed E-state index contributed by atoms with van der Waals surface area (Å²) in [6, 6.07) is 18.4. The Hall–Kier alpha value is -3.75. The normalized spacial score (nSPS) is 14.9. The maximum atomic E-state index is 12.3. The second-order valence-electron chi connectivity index (χ2n) is 8.90. The number of amides is 1. The van der Waals surface area contributed by atoms with Crippen LogP contribution in [-0.2, 0) is 32.0 Å². The lowest BCUT2D eigenvalue weighted by Gasteiger charge is -2.34. The van der Waals surface area contributed by atoms with Gasteiger partial charge in [0.25, 0.3) is 5.56 Å². The largest absolute Gasteiger partial charge is 0.330 e. The molecule has 182 valence electrons. The number of carbonyl (C=O) groups excluding carboxylic acids is 1. The molecule has 2 heterocycles. The van der Waals surface area contributed by atoms with Gasteiger partial charge in [0.15, 0.2) is 0 Å². The van der Waals surface area contributed by atoms with E-state index >= 15 is 0 Å². The molecular formula is C27H31N5O3. The number of hydrogen-bond acceptors (Lipinski definition) is 5. The minimum atomic E-state index is -0.442. The van der Waals surface area contributed by atoms with Crippen molar-refractivity contribution in [2.24, 2.45) is 14.1 Å². The average molecular weight is 474 g/mol. The zero-order chi connectivity index (χ0) is 24.8. The first kappa shape index (κ1) is 24.4. The van der Waals surface area contributed by atoms with Crippen molar-refractivity contribution in [2.75, 3.05) is 31.5 Å². The Morgan fingerprint density at radius 1 is 0.857 bits per heavy atom. The Balaban J connectivity index is 1.26. The van der Waals surface area contributed by atoms with Crippen LogP contribution in [0.1, 0.15) is 16.7 Å². The highest BCUT2D eigenvalue weighted by molar-refractivity contribution is 6.01. The van der Waals surface area contributed by atoms with Crippen LogP contribution in [0.15, 0.2) is 76.5 Å². The molecule has 2 aromatic carbocycles.